The largest absolute Gasteiger partial charge is 0.444 e. The van der Waals surface area contributed by atoms with E-state index in [0.29, 0.717) is 26.1 Å². The van der Waals surface area contributed by atoms with E-state index in [1.165, 1.54) is 0 Å². The second-order valence-corrected chi connectivity index (χ2v) is 5.29. The minimum Gasteiger partial charge on any atom is -0.444 e. The summed E-state index contributed by atoms with van der Waals surface area (Å²) < 4.78 is 10.3. The quantitative estimate of drug-likeness (QED) is 0.594. The van der Waals surface area contributed by atoms with Crippen molar-refractivity contribution in [1.82, 2.24) is 5.32 Å². The van der Waals surface area contributed by atoms with Gasteiger partial charge in [0.15, 0.2) is 0 Å². The highest BCUT2D eigenvalue weighted by atomic mass is 16.6. The van der Waals surface area contributed by atoms with Gasteiger partial charge in [0.25, 0.3) is 0 Å². The lowest BCUT2D eigenvalue weighted by molar-refractivity contribution is -0.123. The van der Waals surface area contributed by atoms with Crippen LogP contribution in [0.1, 0.15) is 33.6 Å². The summed E-state index contributed by atoms with van der Waals surface area (Å²) >= 11 is 0. The number of ether oxygens (including phenoxy) is 2. The molecule has 1 heterocycles. The third kappa shape index (κ3) is 3.74. The van der Waals surface area contributed by atoms with E-state index in [-0.39, 0.29) is 0 Å². The number of ketones is 1. The van der Waals surface area contributed by atoms with E-state index < -0.39 is 23.0 Å². The highest BCUT2D eigenvalue weighted by Gasteiger charge is 2.41. The lowest BCUT2D eigenvalue weighted by Gasteiger charge is -2.35. The van der Waals surface area contributed by atoms with Crippen molar-refractivity contribution in [2.45, 2.75) is 44.8 Å². The number of carbonyl (C=O) groups excluding carboxylic acids is 2. The average molecular weight is 253 g/mol. The Morgan fingerprint density at radius 2 is 1.89 bits per heavy atom. The first kappa shape index (κ1) is 14.5. The number of nitrogens with one attached hydrogen (secondary N) is 1. The Hall–Kier alpha value is -1.54. The van der Waals surface area contributed by atoms with E-state index in [1.54, 1.807) is 20.8 Å². The van der Waals surface area contributed by atoms with E-state index in [0.717, 1.165) is 0 Å². The van der Waals surface area contributed by atoms with E-state index >= 15 is 0 Å². The smallest absolute Gasteiger partial charge is 0.408 e. The zero-order valence-electron chi connectivity index (χ0n) is 11.0. The number of rotatable bonds is 2. The van der Waals surface area contributed by atoms with E-state index in [2.05, 4.69) is 11.2 Å². The normalized spacial score (nSPS) is 18.6. The van der Waals surface area contributed by atoms with Crippen LogP contribution in [0.25, 0.3) is 0 Å². The molecule has 0 aromatic rings. The molecule has 1 aliphatic rings. The van der Waals surface area contributed by atoms with Crippen molar-refractivity contribution in [2.75, 3.05) is 13.2 Å². The number of alkyl carbamates (subject to hydrolysis) is 1. The summed E-state index contributed by atoms with van der Waals surface area (Å²) in [4.78, 5) is 23.6. The first-order valence-corrected chi connectivity index (χ1v) is 5.89. The lowest BCUT2D eigenvalue weighted by atomic mass is 9.86. The van der Waals surface area contributed by atoms with Crippen LogP contribution < -0.4 is 5.32 Å². The average Bonchev–Trinajstić information content (AvgIpc) is 2.26. The second-order valence-electron chi connectivity index (χ2n) is 5.29. The maximum absolute atomic E-state index is 11.8. The zero-order valence-corrected chi connectivity index (χ0v) is 11.0. The fourth-order valence-corrected chi connectivity index (χ4v) is 1.77. The minimum atomic E-state index is -1.05. The second kappa shape index (κ2) is 5.40. The summed E-state index contributed by atoms with van der Waals surface area (Å²) in [7, 11) is 0. The maximum Gasteiger partial charge on any atom is 0.408 e. The molecule has 0 bridgehead atoms. The highest BCUT2D eigenvalue weighted by molar-refractivity contribution is 6.04. The van der Waals surface area contributed by atoms with Gasteiger partial charge in [0.2, 0.25) is 5.78 Å². The third-order valence-electron chi connectivity index (χ3n) is 2.65. The van der Waals surface area contributed by atoms with E-state index in [4.69, 9.17) is 15.9 Å². The number of amides is 1. The Bertz CT molecular complexity index is 369. The van der Waals surface area contributed by atoms with Gasteiger partial charge < -0.3 is 14.8 Å². The van der Waals surface area contributed by atoms with Crippen LogP contribution in [0, 0.1) is 12.3 Å². The Balaban J connectivity index is 2.77. The number of Topliss-reactive ketones (excluding diaryl/α,β-unsaturated/α-hetero) is 1. The maximum atomic E-state index is 11.8. The van der Waals surface area contributed by atoms with Crippen molar-refractivity contribution in [2.24, 2.45) is 0 Å². The van der Waals surface area contributed by atoms with Gasteiger partial charge in [-0.25, -0.2) is 4.79 Å². The molecule has 1 saturated heterocycles. The Labute approximate surface area is 107 Å². The summed E-state index contributed by atoms with van der Waals surface area (Å²) in [5, 5.41) is 2.61. The van der Waals surface area contributed by atoms with Crippen LogP contribution in [0.2, 0.25) is 0 Å². The fraction of sp³-hybridized carbons (Fsp3) is 0.692. The summed E-state index contributed by atoms with van der Waals surface area (Å²) in [5.74, 6) is 1.65. The van der Waals surface area contributed by atoms with Crippen molar-refractivity contribution >= 4 is 11.9 Å². The van der Waals surface area contributed by atoms with Crippen molar-refractivity contribution in [3.05, 3.63) is 0 Å². The molecular formula is C13H19NO4. The van der Waals surface area contributed by atoms with Gasteiger partial charge >= 0.3 is 6.09 Å². The fourth-order valence-electron chi connectivity index (χ4n) is 1.77. The first-order chi connectivity index (χ1) is 8.29. The summed E-state index contributed by atoms with van der Waals surface area (Å²) in [5.41, 5.74) is -1.66. The Kier molecular flexibility index (Phi) is 4.36. The molecule has 1 aliphatic heterocycles. The molecule has 5 nitrogen and oxygen atoms in total. The van der Waals surface area contributed by atoms with E-state index in [1.807, 2.05) is 0 Å². The van der Waals surface area contributed by atoms with Crippen LogP contribution in [-0.4, -0.2) is 36.2 Å². The van der Waals surface area contributed by atoms with Gasteiger partial charge in [-0.15, -0.1) is 6.42 Å². The molecule has 0 aromatic carbocycles. The van der Waals surface area contributed by atoms with Crippen molar-refractivity contribution < 1.29 is 19.1 Å². The predicted molar refractivity (Wildman–Crippen MR) is 66.0 cm³/mol. The molecule has 0 unspecified atom stereocenters. The Morgan fingerprint density at radius 1 is 1.33 bits per heavy atom. The summed E-state index contributed by atoms with van der Waals surface area (Å²) in [6, 6.07) is 0. The molecule has 5 heteroatoms. The van der Waals surface area contributed by atoms with Gasteiger partial charge in [-0.3, -0.25) is 4.79 Å². The van der Waals surface area contributed by atoms with Crippen LogP contribution in [0.5, 0.6) is 0 Å². The molecule has 1 fully saturated rings. The molecule has 0 spiro atoms. The molecule has 0 atom stereocenters. The van der Waals surface area contributed by atoms with Crippen molar-refractivity contribution in [3.8, 4) is 12.3 Å². The summed E-state index contributed by atoms with van der Waals surface area (Å²) in [6.45, 7) is 6.05. The monoisotopic (exact) mass is 253 g/mol. The van der Waals surface area contributed by atoms with Crippen LogP contribution in [0.15, 0.2) is 0 Å². The van der Waals surface area contributed by atoms with Crippen molar-refractivity contribution in [3.63, 3.8) is 0 Å². The Morgan fingerprint density at radius 3 is 2.33 bits per heavy atom. The van der Waals surface area contributed by atoms with Crippen LogP contribution in [0.4, 0.5) is 4.79 Å². The van der Waals surface area contributed by atoms with Gasteiger partial charge in [-0.2, -0.15) is 0 Å². The molecule has 1 N–H and O–H groups in total. The molecule has 18 heavy (non-hydrogen) atoms. The van der Waals surface area contributed by atoms with Gasteiger partial charge in [-0.05, 0) is 26.7 Å². The van der Waals surface area contributed by atoms with Crippen LogP contribution in [0.3, 0.4) is 0 Å². The molecule has 1 rings (SSSR count). The third-order valence-corrected chi connectivity index (χ3v) is 2.65. The van der Waals surface area contributed by atoms with Gasteiger partial charge in [0.1, 0.15) is 11.1 Å². The minimum absolute atomic E-state index is 0.370. The molecule has 1 amide bonds. The number of terminal acetylenes is 1. The number of carbonyl (C=O) groups is 2. The molecule has 0 radical (unpaired) electrons. The first-order valence-electron chi connectivity index (χ1n) is 5.89. The van der Waals surface area contributed by atoms with Gasteiger partial charge in [0.05, 0.1) is 0 Å². The number of hydrogen-bond acceptors (Lipinski definition) is 4. The van der Waals surface area contributed by atoms with E-state index in [9.17, 15) is 9.59 Å². The molecule has 0 aromatic heterocycles. The van der Waals surface area contributed by atoms with Crippen molar-refractivity contribution in [1.29, 1.82) is 0 Å². The molecular weight excluding hydrogens is 234 g/mol. The standard InChI is InChI=1S/C13H19NO4/c1-5-10(15)13(6-8-17-9-7-13)14-11(16)18-12(2,3)4/h1H,6-9H2,2-4H3,(H,14,16). The van der Waals surface area contributed by atoms with Crippen LogP contribution >= 0.6 is 0 Å². The zero-order chi connectivity index (χ0) is 13.8. The molecule has 0 saturated carbocycles. The summed E-state index contributed by atoms with van der Waals surface area (Å²) in [6.07, 6.45) is 5.27. The molecule has 0 aliphatic carbocycles. The van der Waals surface area contributed by atoms with Crippen LogP contribution in [-0.2, 0) is 14.3 Å². The highest BCUT2D eigenvalue weighted by Crippen LogP contribution is 2.22. The lowest BCUT2D eigenvalue weighted by Crippen LogP contribution is -2.57. The molecule has 100 valence electrons. The number of hydrogen-bond donors (Lipinski definition) is 1. The SMILES string of the molecule is C#CC(=O)C1(NC(=O)OC(C)(C)C)CCOCC1. The topological polar surface area (TPSA) is 64.6 Å². The van der Waals surface area contributed by atoms with Gasteiger partial charge in [-0.1, -0.05) is 0 Å². The predicted octanol–water partition coefficient (Wildman–Crippen LogP) is 1.26. The van der Waals surface area contributed by atoms with Gasteiger partial charge in [0, 0.05) is 26.1 Å².